The Morgan fingerprint density at radius 2 is 2.27 bits per heavy atom. The molecule has 1 N–H and O–H groups in total. The van der Waals surface area contributed by atoms with Crippen LogP contribution >= 0.6 is 0 Å². The van der Waals surface area contributed by atoms with Gasteiger partial charge in [-0.15, -0.1) is 6.54 Å². The zero-order valence-electron chi connectivity index (χ0n) is 7.67. The van der Waals surface area contributed by atoms with Gasteiger partial charge in [0.2, 0.25) is 0 Å². The predicted octanol–water partition coefficient (Wildman–Crippen LogP) is -3.04. The summed E-state index contributed by atoms with van der Waals surface area (Å²) in [4.78, 5) is 2.19. The van der Waals surface area contributed by atoms with Gasteiger partial charge < -0.3 is 10.2 Å². The van der Waals surface area contributed by atoms with Gasteiger partial charge in [-0.3, -0.25) is 6.54 Å². The van der Waals surface area contributed by atoms with Crippen molar-refractivity contribution >= 4 is 7.85 Å². The molecule has 1 aliphatic rings. The minimum atomic E-state index is 0. The first-order valence-corrected chi connectivity index (χ1v) is 3.79. The molecule has 1 atom stereocenters. The number of rotatable bonds is 1. The van der Waals surface area contributed by atoms with E-state index in [1.807, 2.05) is 0 Å². The van der Waals surface area contributed by atoms with Gasteiger partial charge in [0.1, 0.15) is 0 Å². The van der Waals surface area contributed by atoms with Gasteiger partial charge in [0, 0.05) is 0 Å². The molecule has 1 saturated heterocycles. The van der Waals surface area contributed by atoms with E-state index in [2.05, 4.69) is 30.6 Å². The van der Waals surface area contributed by atoms with Crippen molar-refractivity contribution in [3.8, 4) is 0 Å². The molecule has 2 radical (unpaired) electrons. The molecule has 1 unspecified atom stereocenters. The first kappa shape index (κ1) is 12.8. The number of nitrogens with zero attached hydrogens (tertiary/aromatic N) is 1. The summed E-state index contributed by atoms with van der Waals surface area (Å²) < 4.78 is 0. The molecule has 0 saturated carbocycles. The smallest absolute Gasteiger partial charge is 0.457 e. The first-order chi connectivity index (χ1) is 4.72. The van der Waals surface area contributed by atoms with Crippen molar-refractivity contribution < 1.29 is 58.2 Å². The summed E-state index contributed by atoms with van der Waals surface area (Å²) in [5.74, 6) is 0.161. The topological polar surface area (TPSA) is 15.3 Å². The SMILES string of the molecule is [B]C1CNC[CH-]N1C(C)C.[Rb+]. The minimum absolute atomic E-state index is 0. The van der Waals surface area contributed by atoms with Crippen molar-refractivity contribution in [3.63, 3.8) is 0 Å². The van der Waals surface area contributed by atoms with E-state index in [-0.39, 0.29) is 64.1 Å². The third-order valence-corrected chi connectivity index (χ3v) is 1.78. The second-order valence-corrected chi connectivity index (χ2v) is 2.95. The van der Waals surface area contributed by atoms with E-state index in [1.54, 1.807) is 0 Å². The fraction of sp³-hybridized carbons (Fsp3) is 0.857. The minimum Gasteiger partial charge on any atom is -0.457 e. The summed E-state index contributed by atoms with van der Waals surface area (Å²) in [6.45, 7) is 8.28. The molecule has 0 aromatic rings. The maximum atomic E-state index is 5.81. The van der Waals surface area contributed by atoms with Crippen LogP contribution in [0.2, 0.25) is 0 Å². The van der Waals surface area contributed by atoms with Gasteiger partial charge in [-0.1, -0.05) is 13.8 Å². The van der Waals surface area contributed by atoms with Crippen molar-refractivity contribution in [1.29, 1.82) is 0 Å². The van der Waals surface area contributed by atoms with Gasteiger partial charge in [0.15, 0.2) is 0 Å². The normalized spacial score (nSPS) is 26.6. The van der Waals surface area contributed by atoms with Crippen LogP contribution in [0.4, 0.5) is 0 Å². The molecule has 0 aromatic carbocycles. The molecule has 2 nitrogen and oxygen atoms in total. The molecule has 1 aliphatic heterocycles. The third-order valence-electron chi connectivity index (χ3n) is 1.78. The Morgan fingerprint density at radius 1 is 1.64 bits per heavy atom. The second-order valence-electron chi connectivity index (χ2n) is 2.95. The van der Waals surface area contributed by atoms with E-state index in [1.165, 1.54) is 0 Å². The first-order valence-electron chi connectivity index (χ1n) is 3.79. The van der Waals surface area contributed by atoms with Crippen LogP contribution in [0.5, 0.6) is 0 Å². The van der Waals surface area contributed by atoms with Crippen LogP contribution in [0.1, 0.15) is 13.8 Å². The molecule has 0 aromatic heterocycles. The average molecular weight is 222 g/mol. The average Bonchev–Trinajstić information content (AvgIpc) is 1.88. The van der Waals surface area contributed by atoms with Gasteiger partial charge in [-0.25, -0.2) is 0 Å². The Balaban J connectivity index is 0.000001000. The Morgan fingerprint density at radius 3 is 2.64 bits per heavy atom. The zero-order chi connectivity index (χ0) is 7.56. The fourth-order valence-electron chi connectivity index (χ4n) is 1.24. The maximum absolute atomic E-state index is 5.81. The Labute approximate surface area is 120 Å². The van der Waals surface area contributed by atoms with Gasteiger partial charge in [0.05, 0.1) is 7.85 Å². The van der Waals surface area contributed by atoms with E-state index in [0.29, 0.717) is 6.04 Å². The molecular formula is C7H14BN2Rb. The van der Waals surface area contributed by atoms with Crippen molar-refractivity contribution in [1.82, 2.24) is 10.2 Å². The van der Waals surface area contributed by atoms with Crippen LogP contribution in [0, 0.1) is 6.54 Å². The number of piperazine rings is 1. The molecular weight excluding hydrogens is 208 g/mol. The van der Waals surface area contributed by atoms with Crippen molar-refractivity contribution in [2.75, 3.05) is 13.1 Å². The summed E-state index contributed by atoms with van der Waals surface area (Å²) in [7, 11) is 5.81. The third kappa shape index (κ3) is 4.01. The van der Waals surface area contributed by atoms with Gasteiger partial charge >= 0.3 is 58.2 Å². The number of hydrogen-bond acceptors (Lipinski definition) is 2. The molecule has 1 rings (SSSR count). The molecule has 0 spiro atoms. The molecule has 0 bridgehead atoms. The molecule has 1 heterocycles. The van der Waals surface area contributed by atoms with Gasteiger partial charge in [-0.2, -0.15) is 0 Å². The van der Waals surface area contributed by atoms with Crippen LogP contribution in [-0.4, -0.2) is 37.8 Å². The zero-order valence-corrected chi connectivity index (χ0v) is 12.6. The maximum Gasteiger partial charge on any atom is 1.00 e. The molecule has 1 fully saturated rings. The molecule has 0 aliphatic carbocycles. The largest absolute Gasteiger partial charge is 1.00 e. The van der Waals surface area contributed by atoms with Crippen LogP contribution in [0.15, 0.2) is 0 Å². The van der Waals surface area contributed by atoms with E-state index in [9.17, 15) is 0 Å². The van der Waals surface area contributed by atoms with Crippen LogP contribution in [0.25, 0.3) is 0 Å². The van der Waals surface area contributed by atoms with Crippen LogP contribution in [-0.2, 0) is 0 Å². The van der Waals surface area contributed by atoms with Gasteiger partial charge in [-0.05, 0) is 18.5 Å². The van der Waals surface area contributed by atoms with Crippen LogP contribution < -0.4 is 63.5 Å². The Bertz CT molecular complexity index is 111. The summed E-state index contributed by atoms with van der Waals surface area (Å²) >= 11 is 0. The summed E-state index contributed by atoms with van der Waals surface area (Å²) in [6, 6.07) is 0.525. The van der Waals surface area contributed by atoms with E-state index >= 15 is 0 Å². The van der Waals surface area contributed by atoms with E-state index in [4.69, 9.17) is 7.85 Å². The van der Waals surface area contributed by atoms with Crippen molar-refractivity contribution in [3.05, 3.63) is 6.54 Å². The molecule has 56 valence electrons. The number of nitrogens with one attached hydrogen (secondary N) is 1. The summed E-state index contributed by atoms with van der Waals surface area (Å²) in [6.07, 6.45) is 0. The summed E-state index contributed by atoms with van der Waals surface area (Å²) in [5.41, 5.74) is 0. The Kier molecular flexibility index (Phi) is 7.30. The van der Waals surface area contributed by atoms with Crippen LogP contribution in [0.3, 0.4) is 0 Å². The molecule has 11 heavy (non-hydrogen) atoms. The monoisotopic (exact) mass is 222 g/mol. The predicted molar refractivity (Wildman–Crippen MR) is 43.7 cm³/mol. The number of hydrogen-bond donors (Lipinski definition) is 1. The quantitative estimate of drug-likeness (QED) is 0.375. The summed E-state index contributed by atoms with van der Waals surface area (Å²) in [5, 5.41) is 3.20. The molecule has 0 amide bonds. The van der Waals surface area contributed by atoms with Crippen molar-refractivity contribution in [2.45, 2.75) is 25.8 Å². The van der Waals surface area contributed by atoms with E-state index in [0.717, 1.165) is 13.1 Å². The van der Waals surface area contributed by atoms with Crippen molar-refractivity contribution in [2.24, 2.45) is 0 Å². The fourth-order valence-corrected chi connectivity index (χ4v) is 1.24. The molecule has 4 heteroatoms. The van der Waals surface area contributed by atoms with Gasteiger partial charge in [0.25, 0.3) is 0 Å². The Hall–Kier alpha value is 1.79. The standard InChI is InChI=1S/C7H14BN2.Rb/c1-6(2)10-4-3-9-5-7(10)8;/h4,6-7,9H,3,5H2,1-2H3;/q-1;+1. The second kappa shape index (κ2) is 6.28. The van der Waals surface area contributed by atoms with E-state index < -0.39 is 0 Å².